The van der Waals surface area contributed by atoms with Crippen molar-refractivity contribution in [2.24, 2.45) is 0 Å². The molecule has 0 amide bonds. The van der Waals surface area contributed by atoms with Crippen LogP contribution in [0.15, 0.2) is 60.9 Å². The SMILES string of the molecule is Br/C(=C(/Br)c1cccc2cnncc12)c1ccccc1. The number of aromatic nitrogens is 2. The molecule has 1 heterocycles. The van der Waals surface area contributed by atoms with Crippen molar-refractivity contribution in [3.8, 4) is 0 Å². The molecule has 0 unspecified atom stereocenters. The van der Waals surface area contributed by atoms with Crippen molar-refractivity contribution < 1.29 is 0 Å². The Bertz CT molecular complexity index is 777. The Morgan fingerprint density at radius 3 is 2.30 bits per heavy atom. The minimum Gasteiger partial charge on any atom is -0.158 e. The Kier molecular flexibility index (Phi) is 3.94. The van der Waals surface area contributed by atoms with Crippen molar-refractivity contribution in [2.75, 3.05) is 0 Å². The van der Waals surface area contributed by atoms with E-state index in [2.05, 4.69) is 60.3 Å². The highest BCUT2D eigenvalue weighted by molar-refractivity contribution is 9.18. The molecule has 0 radical (unpaired) electrons. The molecular formula is C16H10Br2N2. The number of nitrogens with zero attached hydrogens (tertiary/aromatic N) is 2. The summed E-state index contributed by atoms with van der Waals surface area (Å²) in [6.07, 6.45) is 3.56. The fourth-order valence-electron chi connectivity index (χ4n) is 2.05. The zero-order valence-electron chi connectivity index (χ0n) is 10.4. The van der Waals surface area contributed by atoms with Gasteiger partial charge in [0.1, 0.15) is 0 Å². The predicted octanol–water partition coefficient (Wildman–Crippen LogP) is 5.25. The fourth-order valence-corrected chi connectivity index (χ4v) is 3.10. The molecule has 98 valence electrons. The van der Waals surface area contributed by atoms with Crippen LogP contribution in [0.5, 0.6) is 0 Å². The lowest BCUT2D eigenvalue weighted by Crippen LogP contribution is -1.87. The van der Waals surface area contributed by atoms with Gasteiger partial charge in [0.05, 0.1) is 12.4 Å². The van der Waals surface area contributed by atoms with E-state index in [1.165, 1.54) is 0 Å². The van der Waals surface area contributed by atoms with Crippen LogP contribution < -0.4 is 0 Å². The summed E-state index contributed by atoms with van der Waals surface area (Å²) in [4.78, 5) is 0. The highest BCUT2D eigenvalue weighted by atomic mass is 79.9. The zero-order chi connectivity index (χ0) is 13.9. The number of hydrogen-bond acceptors (Lipinski definition) is 2. The molecule has 2 nitrogen and oxygen atoms in total. The first-order valence-electron chi connectivity index (χ1n) is 6.08. The van der Waals surface area contributed by atoms with E-state index in [4.69, 9.17) is 0 Å². The molecule has 2 aromatic carbocycles. The molecule has 1 aromatic heterocycles. The average Bonchev–Trinajstić information content (AvgIpc) is 2.54. The Morgan fingerprint density at radius 2 is 1.50 bits per heavy atom. The number of fused-ring (bicyclic) bond motifs is 1. The molecule has 4 heteroatoms. The van der Waals surface area contributed by atoms with Gasteiger partial charge in [-0.05, 0) is 43.0 Å². The van der Waals surface area contributed by atoms with E-state index < -0.39 is 0 Å². The molecule has 3 aromatic rings. The quantitative estimate of drug-likeness (QED) is 0.559. The molecule has 0 fully saturated rings. The summed E-state index contributed by atoms with van der Waals surface area (Å²) in [5.74, 6) is 0. The third-order valence-corrected chi connectivity index (χ3v) is 5.26. The molecule has 3 rings (SSSR count). The van der Waals surface area contributed by atoms with Gasteiger partial charge >= 0.3 is 0 Å². The molecule has 0 saturated carbocycles. The highest BCUT2D eigenvalue weighted by Gasteiger charge is 2.09. The van der Waals surface area contributed by atoms with Gasteiger partial charge in [0.25, 0.3) is 0 Å². The molecule has 0 aliphatic rings. The Labute approximate surface area is 133 Å². The molecular weight excluding hydrogens is 380 g/mol. The predicted molar refractivity (Wildman–Crippen MR) is 90.6 cm³/mol. The monoisotopic (exact) mass is 388 g/mol. The molecule has 0 aliphatic heterocycles. The van der Waals surface area contributed by atoms with E-state index in [1.807, 2.05) is 30.3 Å². The molecule has 0 aliphatic carbocycles. The number of benzene rings is 2. The second-order valence-electron chi connectivity index (χ2n) is 4.29. The van der Waals surface area contributed by atoms with Crippen molar-refractivity contribution in [1.82, 2.24) is 10.2 Å². The van der Waals surface area contributed by atoms with E-state index >= 15 is 0 Å². The van der Waals surface area contributed by atoms with Gasteiger partial charge in [-0.15, -0.1) is 0 Å². The molecule has 20 heavy (non-hydrogen) atoms. The van der Waals surface area contributed by atoms with Gasteiger partial charge in [-0.3, -0.25) is 0 Å². The minimum atomic E-state index is 1.00. The Morgan fingerprint density at radius 1 is 0.750 bits per heavy atom. The van der Waals surface area contributed by atoms with Crippen LogP contribution in [0.4, 0.5) is 0 Å². The third kappa shape index (κ3) is 2.53. The molecule has 0 saturated heterocycles. The third-order valence-electron chi connectivity index (χ3n) is 3.05. The van der Waals surface area contributed by atoms with Gasteiger partial charge in [-0.1, -0.05) is 48.5 Å². The summed E-state index contributed by atoms with van der Waals surface area (Å²) in [5, 5.41) is 10.0. The zero-order valence-corrected chi connectivity index (χ0v) is 13.6. The van der Waals surface area contributed by atoms with Crippen molar-refractivity contribution in [1.29, 1.82) is 0 Å². The fraction of sp³-hybridized carbons (Fsp3) is 0. The summed E-state index contributed by atoms with van der Waals surface area (Å²) in [7, 11) is 0. The molecule has 0 bridgehead atoms. The van der Waals surface area contributed by atoms with E-state index in [9.17, 15) is 0 Å². The maximum Gasteiger partial charge on any atom is 0.0581 e. The van der Waals surface area contributed by atoms with E-state index in [0.29, 0.717) is 0 Å². The van der Waals surface area contributed by atoms with Gasteiger partial charge in [0.15, 0.2) is 0 Å². The van der Waals surface area contributed by atoms with Crippen LogP contribution in [0.2, 0.25) is 0 Å². The van der Waals surface area contributed by atoms with Gasteiger partial charge in [0.2, 0.25) is 0 Å². The molecule has 0 spiro atoms. The van der Waals surface area contributed by atoms with Crippen molar-refractivity contribution >= 4 is 51.6 Å². The van der Waals surface area contributed by atoms with Crippen LogP contribution in [-0.4, -0.2) is 10.2 Å². The highest BCUT2D eigenvalue weighted by Crippen LogP contribution is 2.37. The smallest absolute Gasteiger partial charge is 0.0581 e. The molecule has 0 atom stereocenters. The second kappa shape index (κ2) is 5.85. The van der Waals surface area contributed by atoms with Gasteiger partial charge < -0.3 is 0 Å². The van der Waals surface area contributed by atoms with Gasteiger partial charge in [-0.25, -0.2) is 0 Å². The van der Waals surface area contributed by atoms with Crippen LogP contribution in [0.1, 0.15) is 11.1 Å². The maximum atomic E-state index is 3.98. The van der Waals surface area contributed by atoms with E-state index in [-0.39, 0.29) is 0 Å². The Hall–Kier alpha value is -1.52. The first kappa shape index (κ1) is 13.5. The average molecular weight is 390 g/mol. The maximum absolute atomic E-state index is 3.98. The first-order chi connectivity index (χ1) is 9.77. The lowest BCUT2D eigenvalue weighted by atomic mass is 10.1. The summed E-state index contributed by atoms with van der Waals surface area (Å²) < 4.78 is 2.02. The van der Waals surface area contributed by atoms with Crippen LogP contribution >= 0.6 is 31.9 Å². The topological polar surface area (TPSA) is 25.8 Å². The van der Waals surface area contributed by atoms with Crippen molar-refractivity contribution in [3.05, 3.63) is 72.1 Å². The standard InChI is InChI=1S/C16H10Br2N2/c17-15(11-5-2-1-3-6-11)16(18)13-8-4-7-12-9-19-20-10-14(12)13/h1-10H/b16-15+. The Balaban J connectivity index is 2.20. The summed E-state index contributed by atoms with van der Waals surface area (Å²) in [5.41, 5.74) is 2.21. The first-order valence-corrected chi connectivity index (χ1v) is 7.66. The van der Waals surface area contributed by atoms with Crippen molar-refractivity contribution in [3.63, 3.8) is 0 Å². The largest absolute Gasteiger partial charge is 0.158 e. The van der Waals surface area contributed by atoms with Gasteiger partial charge in [-0.2, -0.15) is 10.2 Å². The van der Waals surface area contributed by atoms with Crippen molar-refractivity contribution in [2.45, 2.75) is 0 Å². The number of hydrogen-bond donors (Lipinski definition) is 0. The van der Waals surface area contributed by atoms with Crippen LogP contribution in [0.3, 0.4) is 0 Å². The second-order valence-corrected chi connectivity index (χ2v) is 5.88. The minimum absolute atomic E-state index is 1.00. The normalized spacial score (nSPS) is 12.3. The summed E-state index contributed by atoms with van der Waals surface area (Å²) >= 11 is 7.36. The number of rotatable bonds is 2. The molecule has 0 N–H and O–H groups in total. The lowest BCUT2D eigenvalue weighted by molar-refractivity contribution is 1.05. The van der Waals surface area contributed by atoms with Crippen LogP contribution in [-0.2, 0) is 0 Å². The van der Waals surface area contributed by atoms with E-state index in [1.54, 1.807) is 12.4 Å². The van der Waals surface area contributed by atoms with Crippen LogP contribution in [0.25, 0.3) is 19.7 Å². The van der Waals surface area contributed by atoms with Gasteiger partial charge in [0, 0.05) is 19.7 Å². The number of halogens is 2. The van der Waals surface area contributed by atoms with E-state index in [0.717, 1.165) is 30.9 Å². The summed E-state index contributed by atoms with van der Waals surface area (Å²) in [6.45, 7) is 0. The lowest BCUT2D eigenvalue weighted by Gasteiger charge is -2.08. The summed E-state index contributed by atoms with van der Waals surface area (Å²) in [6, 6.07) is 16.3. The van der Waals surface area contributed by atoms with Crippen LogP contribution in [0, 0.1) is 0 Å².